The molecule has 0 radical (unpaired) electrons. The summed E-state index contributed by atoms with van der Waals surface area (Å²) in [5.41, 5.74) is 1.91. The average molecular weight is 283 g/mol. The van der Waals surface area contributed by atoms with Crippen LogP contribution in [-0.2, 0) is 4.74 Å². The first-order valence-corrected chi connectivity index (χ1v) is 6.73. The number of esters is 1. The summed E-state index contributed by atoms with van der Waals surface area (Å²) in [7, 11) is 0. The fraction of sp³-hybridized carbons (Fsp3) is 0.176. The molecule has 108 valence electrons. The third-order valence-electron chi connectivity index (χ3n) is 2.93. The van der Waals surface area contributed by atoms with Gasteiger partial charge in [-0.2, -0.15) is 0 Å². The van der Waals surface area contributed by atoms with Gasteiger partial charge in [-0.05, 0) is 24.6 Å². The number of rotatable bonds is 6. The van der Waals surface area contributed by atoms with Crippen molar-refractivity contribution in [3.8, 4) is 0 Å². The number of hydrogen-bond acceptors (Lipinski definition) is 4. The number of carbonyl (C=O) groups is 1. The number of nitrogens with zero attached hydrogens (tertiary/aromatic N) is 1. The van der Waals surface area contributed by atoms with Gasteiger partial charge in [-0.15, -0.1) is 0 Å². The predicted octanol–water partition coefficient (Wildman–Crippen LogP) is 4.15. The SMILES string of the molecule is C=C/C=C(\C=C)c1onc2ccc(C(=O)OCCC)cc12. The van der Waals surface area contributed by atoms with E-state index < -0.39 is 0 Å². The van der Waals surface area contributed by atoms with Crippen LogP contribution in [-0.4, -0.2) is 17.7 Å². The van der Waals surface area contributed by atoms with Gasteiger partial charge in [-0.3, -0.25) is 0 Å². The van der Waals surface area contributed by atoms with Crippen LogP contribution < -0.4 is 0 Å². The average Bonchev–Trinajstić information content (AvgIpc) is 2.93. The first-order valence-electron chi connectivity index (χ1n) is 6.73. The van der Waals surface area contributed by atoms with E-state index in [0.29, 0.717) is 23.4 Å². The Kier molecular flexibility index (Phi) is 4.72. The molecule has 0 aliphatic rings. The second kappa shape index (κ2) is 6.70. The number of allylic oxidation sites excluding steroid dienone is 4. The molecule has 1 aromatic heterocycles. The van der Waals surface area contributed by atoms with Crippen molar-refractivity contribution in [1.82, 2.24) is 5.16 Å². The topological polar surface area (TPSA) is 52.3 Å². The highest BCUT2D eigenvalue weighted by molar-refractivity contribution is 5.98. The minimum atomic E-state index is -0.348. The van der Waals surface area contributed by atoms with Crippen LogP contribution in [0.3, 0.4) is 0 Å². The van der Waals surface area contributed by atoms with E-state index in [1.807, 2.05) is 6.92 Å². The third kappa shape index (κ3) is 3.11. The van der Waals surface area contributed by atoms with Crippen molar-refractivity contribution in [2.24, 2.45) is 0 Å². The van der Waals surface area contributed by atoms with E-state index >= 15 is 0 Å². The quantitative estimate of drug-likeness (QED) is 0.590. The molecule has 0 aliphatic carbocycles. The molecule has 0 saturated carbocycles. The van der Waals surface area contributed by atoms with Gasteiger partial charge < -0.3 is 9.26 Å². The second-order valence-corrected chi connectivity index (χ2v) is 4.44. The lowest BCUT2D eigenvalue weighted by molar-refractivity contribution is 0.0505. The summed E-state index contributed by atoms with van der Waals surface area (Å²) in [5, 5.41) is 4.73. The highest BCUT2D eigenvalue weighted by Crippen LogP contribution is 2.27. The lowest BCUT2D eigenvalue weighted by Gasteiger charge is -2.03. The van der Waals surface area contributed by atoms with E-state index in [9.17, 15) is 4.79 Å². The molecule has 2 aromatic rings. The first kappa shape index (κ1) is 14.8. The van der Waals surface area contributed by atoms with Crippen LogP contribution in [0.1, 0.15) is 29.5 Å². The zero-order chi connectivity index (χ0) is 15.2. The van der Waals surface area contributed by atoms with E-state index in [1.165, 1.54) is 0 Å². The molecule has 0 unspecified atom stereocenters. The Morgan fingerprint density at radius 1 is 1.43 bits per heavy atom. The molecule has 1 heterocycles. The normalized spacial score (nSPS) is 11.4. The number of ether oxygens (including phenoxy) is 1. The molecule has 4 heteroatoms. The Bertz CT molecular complexity index is 710. The van der Waals surface area contributed by atoms with Gasteiger partial charge in [0.25, 0.3) is 0 Å². The third-order valence-corrected chi connectivity index (χ3v) is 2.93. The number of benzene rings is 1. The smallest absolute Gasteiger partial charge is 0.338 e. The molecule has 21 heavy (non-hydrogen) atoms. The maximum absolute atomic E-state index is 11.9. The van der Waals surface area contributed by atoms with Gasteiger partial charge in [-0.1, -0.05) is 43.5 Å². The van der Waals surface area contributed by atoms with Gasteiger partial charge >= 0.3 is 5.97 Å². The standard InChI is InChI=1S/C17H17NO3/c1-4-7-12(6-3)16-14-11-13(17(19)20-10-5-2)8-9-15(14)18-21-16/h4,6-9,11H,1,3,5,10H2,2H3/b12-7+. The van der Waals surface area contributed by atoms with Crippen molar-refractivity contribution in [2.75, 3.05) is 6.61 Å². The molecule has 0 amide bonds. The minimum Gasteiger partial charge on any atom is -0.462 e. The summed E-state index contributed by atoms with van der Waals surface area (Å²) in [5.74, 6) is 0.212. The molecule has 0 bridgehead atoms. The van der Waals surface area contributed by atoms with Crippen molar-refractivity contribution in [3.05, 3.63) is 60.9 Å². The van der Waals surface area contributed by atoms with E-state index in [4.69, 9.17) is 9.26 Å². The summed E-state index contributed by atoms with van der Waals surface area (Å²) in [6.07, 6.45) is 5.86. The Hall–Kier alpha value is -2.62. The van der Waals surface area contributed by atoms with Gasteiger partial charge in [-0.25, -0.2) is 4.79 Å². The van der Waals surface area contributed by atoms with Gasteiger partial charge in [0.05, 0.1) is 17.6 Å². The van der Waals surface area contributed by atoms with Gasteiger partial charge in [0.1, 0.15) is 5.52 Å². The number of hydrogen-bond donors (Lipinski definition) is 0. The molecule has 0 spiro atoms. The van der Waals surface area contributed by atoms with Gasteiger partial charge in [0.2, 0.25) is 0 Å². The molecule has 0 atom stereocenters. The van der Waals surface area contributed by atoms with Crippen LogP contribution in [0.15, 0.2) is 54.1 Å². The Morgan fingerprint density at radius 2 is 2.24 bits per heavy atom. The van der Waals surface area contributed by atoms with E-state index in [2.05, 4.69) is 18.3 Å². The van der Waals surface area contributed by atoms with E-state index in [-0.39, 0.29) is 5.97 Å². The van der Waals surface area contributed by atoms with Crippen LogP contribution in [0.2, 0.25) is 0 Å². The fourth-order valence-electron chi connectivity index (χ4n) is 1.92. The fourth-order valence-corrected chi connectivity index (χ4v) is 1.92. The van der Waals surface area contributed by atoms with Crippen LogP contribution in [0.25, 0.3) is 16.5 Å². The van der Waals surface area contributed by atoms with Crippen molar-refractivity contribution in [1.29, 1.82) is 0 Å². The molecule has 4 nitrogen and oxygen atoms in total. The van der Waals surface area contributed by atoms with Crippen molar-refractivity contribution in [2.45, 2.75) is 13.3 Å². The molecule has 1 aromatic carbocycles. The zero-order valence-corrected chi connectivity index (χ0v) is 12.0. The number of carbonyl (C=O) groups excluding carboxylic acids is 1. The van der Waals surface area contributed by atoms with E-state index in [0.717, 1.165) is 17.4 Å². The number of fused-ring (bicyclic) bond motifs is 1. The Balaban J connectivity index is 2.46. The Morgan fingerprint density at radius 3 is 2.90 bits per heavy atom. The van der Waals surface area contributed by atoms with Crippen molar-refractivity contribution < 1.29 is 14.1 Å². The number of aromatic nitrogens is 1. The van der Waals surface area contributed by atoms with Crippen LogP contribution in [0.4, 0.5) is 0 Å². The van der Waals surface area contributed by atoms with Crippen molar-refractivity contribution in [3.63, 3.8) is 0 Å². The highest BCUT2D eigenvalue weighted by atomic mass is 16.5. The molecule has 2 rings (SSSR count). The molecular formula is C17H17NO3. The maximum atomic E-state index is 11.9. The second-order valence-electron chi connectivity index (χ2n) is 4.44. The zero-order valence-electron chi connectivity index (χ0n) is 12.0. The minimum absolute atomic E-state index is 0.348. The summed E-state index contributed by atoms with van der Waals surface area (Å²) < 4.78 is 10.5. The van der Waals surface area contributed by atoms with Gasteiger partial charge in [0.15, 0.2) is 5.76 Å². The molecule has 0 aliphatic heterocycles. The van der Waals surface area contributed by atoms with Crippen molar-refractivity contribution >= 4 is 22.4 Å². The van der Waals surface area contributed by atoms with Gasteiger partial charge in [0, 0.05) is 5.57 Å². The van der Waals surface area contributed by atoms with Crippen LogP contribution in [0, 0.1) is 0 Å². The van der Waals surface area contributed by atoms with Crippen LogP contribution in [0.5, 0.6) is 0 Å². The molecule has 0 fully saturated rings. The summed E-state index contributed by atoms with van der Waals surface area (Å²) in [4.78, 5) is 11.9. The summed E-state index contributed by atoms with van der Waals surface area (Å²) in [6.45, 7) is 9.76. The van der Waals surface area contributed by atoms with Crippen LogP contribution >= 0.6 is 0 Å². The monoisotopic (exact) mass is 283 g/mol. The lowest BCUT2D eigenvalue weighted by atomic mass is 10.1. The molecule has 0 saturated heterocycles. The molecular weight excluding hydrogens is 266 g/mol. The first-order chi connectivity index (χ1) is 10.2. The predicted molar refractivity (Wildman–Crippen MR) is 83.0 cm³/mol. The molecule has 0 N–H and O–H groups in total. The maximum Gasteiger partial charge on any atom is 0.338 e. The highest BCUT2D eigenvalue weighted by Gasteiger charge is 2.14. The Labute approximate surface area is 123 Å². The van der Waals surface area contributed by atoms with E-state index in [1.54, 1.807) is 36.4 Å². The lowest BCUT2D eigenvalue weighted by Crippen LogP contribution is -2.05. The largest absolute Gasteiger partial charge is 0.462 e. The summed E-state index contributed by atoms with van der Waals surface area (Å²) in [6, 6.07) is 5.14. The summed E-state index contributed by atoms with van der Waals surface area (Å²) >= 11 is 0.